The Morgan fingerprint density at radius 2 is 1.95 bits per heavy atom. The number of benzene rings is 1. The molecule has 2 aliphatic heterocycles. The molecule has 0 unspecified atom stereocenters. The van der Waals surface area contributed by atoms with Crippen molar-refractivity contribution in [2.75, 3.05) is 37.0 Å². The minimum Gasteiger partial charge on any atom is -0.494 e. The minimum atomic E-state index is -0.0791. The number of hydrogen-bond donors (Lipinski definition) is 1. The zero-order valence-electron chi connectivity index (χ0n) is 12.8. The number of urea groups is 1. The van der Waals surface area contributed by atoms with Gasteiger partial charge in [-0.2, -0.15) is 0 Å². The van der Waals surface area contributed by atoms with Gasteiger partial charge in [0.1, 0.15) is 5.75 Å². The van der Waals surface area contributed by atoms with Crippen LogP contribution in [0.1, 0.15) is 25.7 Å². The normalized spacial score (nSPS) is 18.0. The van der Waals surface area contributed by atoms with Crippen molar-refractivity contribution in [2.24, 2.45) is 0 Å². The van der Waals surface area contributed by atoms with Crippen molar-refractivity contribution < 1.29 is 14.3 Å². The largest absolute Gasteiger partial charge is 0.494 e. The molecular formula is C16H21N3O3. The Morgan fingerprint density at radius 1 is 1.18 bits per heavy atom. The fourth-order valence-corrected chi connectivity index (χ4v) is 3.00. The molecule has 22 heavy (non-hydrogen) atoms. The first-order valence-electron chi connectivity index (χ1n) is 7.73. The van der Waals surface area contributed by atoms with Gasteiger partial charge in [0.25, 0.3) is 0 Å². The van der Waals surface area contributed by atoms with Gasteiger partial charge in [-0.15, -0.1) is 0 Å². The van der Waals surface area contributed by atoms with E-state index in [4.69, 9.17) is 4.74 Å². The highest BCUT2D eigenvalue weighted by molar-refractivity contribution is 5.97. The van der Waals surface area contributed by atoms with Crippen molar-refractivity contribution in [3.05, 3.63) is 18.2 Å². The third-order valence-corrected chi connectivity index (χ3v) is 4.19. The molecule has 1 N–H and O–H groups in total. The third-order valence-electron chi connectivity index (χ3n) is 4.19. The molecule has 0 atom stereocenters. The Labute approximate surface area is 130 Å². The highest BCUT2D eigenvalue weighted by atomic mass is 16.5. The lowest BCUT2D eigenvalue weighted by atomic mass is 10.2. The average Bonchev–Trinajstić information content (AvgIpc) is 3.18. The number of amides is 3. The van der Waals surface area contributed by atoms with E-state index in [-0.39, 0.29) is 11.9 Å². The van der Waals surface area contributed by atoms with Crippen LogP contribution in [-0.4, -0.2) is 43.6 Å². The Morgan fingerprint density at radius 3 is 2.59 bits per heavy atom. The van der Waals surface area contributed by atoms with Gasteiger partial charge in [-0.05, 0) is 31.4 Å². The van der Waals surface area contributed by atoms with Crippen molar-refractivity contribution in [1.29, 1.82) is 0 Å². The molecule has 0 bridgehead atoms. The summed E-state index contributed by atoms with van der Waals surface area (Å²) in [7, 11) is 1.57. The Balaban J connectivity index is 1.76. The van der Waals surface area contributed by atoms with Crippen LogP contribution >= 0.6 is 0 Å². The fourth-order valence-electron chi connectivity index (χ4n) is 3.00. The second-order valence-electron chi connectivity index (χ2n) is 5.66. The van der Waals surface area contributed by atoms with E-state index in [9.17, 15) is 9.59 Å². The summed E-state index contributed by atoms with van der Waals surface area (Å²) in [6.07, 6.45) is 3.57. The Kier molecular flexibility index (Phi) is 4.18. The van der Waals surface area contributed by atoms with Gasteiger partial charge in [0.05, 0.1) is 12.8 Å². The summed E-state index contributed by atoms with van der Waals surface area (Å²) in [6, 6.07) is 5.35. The Bertz CT molecular complexity index is 582. The molecule has 2 saturated heterocycles. The number of nitrogens with one attached hydrogen (secondary N) is 1. The number of anilines is 2. The number of hydrogen-bond acceptors (Lipinski definition) is 3. The molecule has 6 nitrogen and oxygen atoms in total. The van der Waals surface area contributed by atoms with Gasteiger partial charge < -0.3 is 19.9 Å². The van der Waals surface area contributed by atoms with Crippen LogP contribution in [0.5, 0.6) is 5.75 Å². The zero-order valence-corrected chi connectivity index (χ0v) is 12.8. The maximum Gasteiger partial charge on any atom is 0.321 e. The lowest BCUT2D eigenvalue weighted by Crippen LogP contribution is -2.32. The SMILES string of the molecule is COc1cc(NC(=O)N2CCCC2)ccc1N1CCCC1=O. The molecule has 1 aromatic carbocycles. The fraction of sp³-hybridized carbons (Fsp3) is 0.500. The number of carbonyl (C=O) groups excluding carboxylic acids is 2. The lowest BCUT2D eigenvalue weighted by molar-refractivity contribution is -0.117. The van der Waals surface area contributed by atoms with Crippen LogP contribution < -0.4 is 15.0 Å². The number of carbonyl (C=O) groups is 2. The minimum absolute atomic E-state index is 0.0791. The van der Waals surface area contributed by atoms with Gasteiger partial charge in [0, 0.05) is 37.8 Å². The number of ether oxygens (including phenoxy) is 1. The van der Waals surface area contributed by atoms with Crippen molar-refractivity contribution in [1.82, 2.24) is 4.90 Å². The quantitative estimate of drug-likeness (QED) is 0.933. The monoisotopic (exact) mass is 303 g/mol. The molecule has 0 aromatic heterocycles. The first-order chi connectivity index (χ1) is 10.7. The first kappa shape index (κ1) is 14.7. The summed E-state index contributed by atoms with van der Waals surface area (Å²) in [5, 5.41) is 2.89. The van der Waals surface area contributed by atoms with Crippen LogP contribution in [-0.2, 0) is 4.79 Å². The van der Waals surface area contributed by atoms with Crippen molar-refractivity contribution in [3.63, 3.8) is 0 Å². The van der Waals surface area contributed by atoms with E-state index in [1.54, 1.807) is 18.1 Å². The molecule has 2 aliphatic rings. The van der Waals surface area contributed by atoms with E-state index in [2.05, 4.69) is 5.32 Å². The summed E-state index contributed by atoms with van der Waals surface area (Å²) in [5.41, 5.74) is 1.45. The second-order valence-corrected chi connectivity index (χ2v) is 5.66. The van der Waals surface area contributed by atoms with Gasteiger partial charge in [-0.3, -0.25) is 4.79 Å². The van der Waals surface area contributed by atoms with Gasteiger partial charge >= 0.3 is 6.03 Å². The second kappa shape index (κ2) is 6.25. The summed E-state index contributed by atoms with van der Waals surface area (Å²) in [5.74, 6) is 0.724. The molecular weight excluding hydrogens is 282 g/mol. The first-order valence-corrected chi connectivity index (χ1v) is 7.73. The maximum absolute atomic E-state index is 12.1. The molecule has 2 fully saturated rings. The highest BCUT2D eigenvalue weighted by Crippen LogP contribution is 2.33. The van der Waals surface area contributed by atoms with Crippen LogP contribution in [0, 0.1) is 0 Å². The number of methoxy groups -OCH3 is 1. The van der Waals surface area contributed by atoms with Gasteiger partial charge in [-0.25, -0.2) is 4.79 Å². The van der Waals surface area contributed by atoms with Gasteiger partial charge in [-0.1, -0.05) is 0 Å². The van der Waals surface area contributed by atoms with Crippen molar-refractivity contribution >= 4 is 23.3 Å². The lowest BCUT2D eigenvalue weighted by Gasteiger charge is -2.21. The van der Waals surface area contributed by atoms with E-state index >= 15 is 0 Å². The topological polar surface area (TPSA) is 61.9 Å². The van der Waals surface area contributed by atoms with Crippen molar-refractivity contribution in [3.8, 4) is 5.75 Å². The van der Waals surface area contributed by atoms with E-state index in [0.717, 1.165) is 38.0 Å². The highest BCUT2D eigenvalue weighted by Gasteiger charge is 2.25. The molecule has 3 rings (SSSR count). The van der Waals surface area contributed by atoms with Gasteiger partial charge in [0.2, 0.25) is 5.91 Å². The molecule has 0 aliphatic carbocycles. The van der Waals surface area contributed by atoms with E-state index in [0.29, 0.717) is 24.4 Å². The number of nitrogens with zero attached hydrogens (tertiary/aromatic N) is 2. The predicted octanol–water partition coefficient (Wildman–Crippen LogP) is 2.45. The maximum atomic E-state index is 12.1. The molecule has 0 spiro atoms. The zero-order chi connectivity index (χ0) is 15.5. The summed E-state index contributed by atoms with van der Waals surface area (Å²) >= 11 is 0. The molecule has 118 valence electrons. The van der Waals surface area contributed by atoms with E-state index < -0.39 is 0 Å². The standard InChI is InChI=1S/C16H21N3O3/c1-22-14-11-12(17-16(21)18-8-2-3-9-18)6-7-13(14)19-10-4-5-15(19)20/h6-7,11H,2-5,8-10H2,1H3,(H,17,21). The van der Waals surface area contributed by atoms with Crippen LogP contribution in [0.4, 0.5) is 16.2 Å². The van der Waals surface area contributed by atoms with Crippen LogP contribution in [0.2, 0.25) is 0 Å². The molecule has 1 aromatic rings. The predicted molar refractivity (Wildman–Crippen MR) is 84.4 cm³/mol. The Hall–Kier alpha value is -2.24. The number of rotatable bonds is 3. The van der Waals surface area contributed by atoms with Crippen molar-refractivity contribution in [2.45, 2.75) is 25.7 Å². The molecule has 3 amide bonds. The average molecular weight is 303 g/mol. The molecule has 6 heteroatoms. The van der Waals surface area contributed by atoms with E-state index in [1.165, 1.54) is 0 Å². The van der Waals surface area contributed by atoms with Crippen LogP contribution in [0.3, 0.4) is 0 Å². The van der Waals surface area contributed by atoms with Crippen LogP contribution in [0.25, 0.3) is 0 Å². The summed E-state index contributed by atoms with van der Waals surface area (Å²) < 4.78 is 5.40. The third kappa shape index (κ3) is 2.86. The van der Waals surface area contributed by atoms with Crippen LogP contribution in [0.15, 0.2) is 18.2 Å². The molecule has 0 radical (unpaired) electrons. The summed E-state index contributed by atoms with van der Waals surface area (Å²) in [4.78, 5) is 27.5. The molecule has 2 heterocycles. The van der Waals surface area contributed by atoms with Gasteiger partial charge in [0.15, 0.2) is 0 Å². The summed E-state index contributed by atoms with van der Waals surface area (Å²) in [6.45, 7) is 2.33. The smallest absolute Gasteiger partial charge is 0.321 e. The van der Waals surface area contributed by atoms with E-state index in [1.807, 2.05) is 17.0 Å². The number of likely N-dealkylation sites (tertiary alicyclic amines) is 1. The molecule has 0 saturated carbocycles.